The summed E-state index contributed by atoms with van der Waals surface area (Å²) in [5, 5.41) is 0. The van der Waals surface area contributed by atoms with Crippen LogP contribution in [0.25, 0.3) is 0 Å². The van der Waals surface area contributed by atoms with Crippen molar-refractivity contribution in [2.24, 2.45) is 5.41 Å². The largest absolute Gasteiger partial charge is 0.130 e. The minimum Gasteiger partial charge on any atom is -0.118 e. The molecule has 0 aliphatic rings. The Morgan fingerprint density at radius 2 is 0.952 bits per heavy atom. The first-order chi connectivity index (χ1) is 9.41. The highest BCUT2D eigenvalue weighted by Gasteiger charge is 2.14. The van der Waals surface area contributed by atoms with Crippen molar-refractivity contribution in [1.82, 2.24) is 0 Å². The second-order valence-electron chi connectivity index (χ2n) is 8.12. The molecule has 112 valence electrons. The van der Waals surface area contributed by atoms with Gasteiger partial charge in [-0.05, 0) is 29.1 Å². The van der Waals surface area contributed by atoms with Gasteiger partial charge in [0.2, 0.25) is 0 Å². The molecule has 0 N–H and O–H groups in total. The molecule has 0 aromatic heterocycles. The van der Waals surface area contributed by atoms with Crippen molar-refractivity contribution in [3.05, 3.63) is 0 Å². The van der Waals surface area contributed by atoms with Crippen molar-refractivity contribution in [2.45, 2.75) is 66.0 Å². The highest BCUT2D eigenvalue weighted by atomic mass is 28.3. The molecule has 0 amide bonds. The second-order valence-corrected chi connectivity index (χ2v) is 17.6. The Bertz CT molecular complexity index is 526. The maximum Gasteiger partial charge on any atom is 0.130 e. The normalized spacial score (nSPS) is 10.7. The van der Waals surface area contributed by atoms with Gasteiger partial charge in [-0.2, -0.15) is 0 Å². The molecule has 0 nitrogen and oxygen atoms in total. The second kappa shape index (κ2) is 8.20. The van der Waals surface area contributed by atoms with Gasteiger partial charge in [0.05, 0.1) is 0 Å². The molecule has 0 heterocycles. The van der Waals surface area contributed by atoms with E-state index in [1.807, 2.05) is 0 Å². The molecule has 0 atom stereocenters. The van der Waals surface area contributed by atoms with Gasteiger partial charge in [-0.25, -0.2) is 0 Å². The molecule has 0 aliphatic heterocycles. The van der Waals surface area contributed by atoms with Crippen LogP contribution in [0.2, 0.25) is 39.3 Å². The number of hydrogen-bond donors (Lipinski definition) is 0. The zero-order chi connectivity index (χ0) is 16.6. The van der Waals surface area contributed by atoms with E-state index in [1.54, 1.807) is 0 Å². The Morgan fingerprint density at radius 1 is 0.619 bits per heavy atom. The van der Waals surface area contributed by atoms with E-state index in [0.29, 0.717) is 0 Å². The monoisotopic (exact) mass is 312 g/mol. The molecule has 2 heteroatoms. The Hall–Kier alpha value is -1.33. The Kier molecular flexibility index (Phi) is 7.68. The Labute approximate surface area is 134 Å². The third-order valence-corrected chi connectivity index (χ3v) is 4.06. The first kappa shape index (κ1) is 19.7. The fraction of sp³-hybridized carbons (Fsp3) is 0.579. The van der Waals surface area contributed by atoms with Crippen molar-refractivity contribution in [3.8, 4) is 46.6 Å². The van der Waals surface area contributed by atoms with E-state index >= 15 is 0 Å². The molecule has 0 aromatic rings. The van der Waals surface area contributed by atoms with E-state index in [1.165, 1.54) is 0 Å². The van der Waals surface area contributed by atoms with Crippen LogP contribution in [0, 0.1) is 52.0 Å². The van der Waals surface area contributed by atoms with Crippen LogP contribution in [0.5, 0.6) is 0 Å². The topological polar surface area (TPSA) is 0 Å². The molecule has 0 saturated heterocycles. The number of rotatable bonds is 2. The van der Waals surface area contributed by atoms with Gasteiger partial charge < -0.3 is 0 Å². The van der Waals surface area contributed by atoms with Gasteiger partial charge in [-0.3, -0.25) is 0 Å². The molecular weight excluding hydrogens is 284 g/mol. The molecule has 0 rings (SSSR count). The lowest BCUT2D eigenvalue weighted by Crippen LogP contribution is -2.16. The maximum atomic E-state index is 3.26. The van der Waals surface area contributed by atoms with Crippen molar-refractivity contribution in [2.75, 3.05) is 0 Å². The highest BCUT2D eigenvalue weighted by molar-refractivity contribution is 6.84. The van der Waals surface area contributed by atoms with Gasteiger partial charge in [0.25, 0.3) is 0 Å². The van der Waals surface area contributed by atoms with Gasteiger partial charge in [0.15, 0.2) is 0 Å². The minimum absolute atomic E-state index is 0.0989. The standard InChI is InChI=1S/C19H28Si2/c1-19(2,15-11-9-13-17-20(3,4)5)16-12-10-14-18-21(6,7)8/h15-16H2,1-8H3. The first-order valence-electron chi connectivity index (χ1n) is 7.41. The average Bonchev–Trinajstić information content (AvgIpc) is 2.24. The highest BCUT2D eigenvalue weighted by Crippen LogP contribution is 2.23. The fourth-order valence-corrected chi connectivity index (χ4v) is 2.03. The number of hydrogen-bond acceptors (Lipinski definition) is 0. The van der Waals surface area contributed by atoms with E-state index < -0.39 is 16.1 Å². The third kappa shape index (κ3) is 14.9. The van der Waals surface area contributed by atoms with Crippen molar-refractivity contribution >= 4 is 16.1 Å². The lowest BCUT2D eigenvalue weighted by molar-refractivity contribution is 0.390. The van der Waals surface area contributed by atoms with Gasteiger partial charge in [0, 0.05) is 12.8 Å². The zero-order valence-electron chi connectivity index (χ0n) is 14.9. The maximum absolute atomic E-state index is 3.26. The smallest absolute Gasteiger partial charge is 0.118 e. The molecule has 0 bridgehead atoms. The molecular formula is C19H28Si2. The summed E-state index contributed by atoms with van der Waals surface area (Å²) in [6, 6.07) is 0. The van der Waals surface area contributed by atoms with Gasteiger partial charge >= 0.3 is 0 Å². The van der Waals surface area contributed by atoms with Gasteiger partial charge in [-0.15, -0.1) is 11.1 Å². The summed E-state index contributed by atoms with van der Waals surface area (Å²) in [7, 11) is -2.59. The van der Waals surface area contributed by atoms with Crippen molar-refractivity contribution in [1.29, 1.82) is 0 Å². The van der Waals surface area contributed by atoms with E-state index in [-0.39, 0.29) is 5.41 Å². The lowest BCUT2D eigenvalue weighted by Gasteiger charge is -2.17. The summed E-state index contributed by atoms with van der Waals surface area (Å²) < 4.78 is 0. The fourth-order valence-electron chi connectivity index (χ4n) is 1.16. The summed E-state index contributed by atoms with van der Waals surface area (Å²) in [5.41, 5.74) is 6.61. The van der Waals surface area contributed by atoms with Crippen LogP contribution < -0.4 is 0 Å². The van der Waals surface area contributed by atoms with Crippen LogP contribution in [0.3, 0.4) is 0 Å². The van der Waals surface area contributed by atoms with Crippen molar-refractivity contribution in [3.63, 3.8) is 0 Å². The minimum atomic E-state index is -1.30. The summed E-state index contributed by atoms with van der Waals surface area (Å²) in [6.45, 7) is 17.7. The van der Waals surface area contributed by atoms with Gasteiger partial charge in [0.1, 0.15) is 16.1 Å². The Balaban J connectivity index is 4.46. The molecule has 0 aliphatic carbocycles. The van der Waals surface area contributed by atoms with Crippen LogP contribution in [-0.2, 0) is 0 Å². The zero-order valence-corrected chi connectivity index (χ0v) is 16.9. The van der Waals surface area contributed by atoms with Crippen LogP contribution >= 0.6 is 0 Å². The molecule has 0 aromatic carbocycles. The van der Waals surface area contributed by atoms with E-state index in [2.05, 4.69) is 99.7 Å². The summed E-state index contributed by atoms with van der Waals surface area (Å²) in [5.74, 6) is 18.3. The van der Waals surface area contributed by atoms with Crippen LogP contribution in [0.1, 0.15) is 26.7 Å². The lowest BCUT2D eigenvalue weighted by atomic mass is 9.86. The molecule has 0 radical (unpaired) electrons. The quantitative estimate of drug-likeness (QED) is 0.518. The molecule has 21 heavy (non-hydrogen) atoms. The van der Waals surface area contributed by atoms with Gasteiger partial charge in [-0.1, -0.05) is 65.0 Å². The SMILES string of the molecule is CC(C)(CC#CC#C[Si](C)(C)C)CC#CC#C[Si](C)(C)C. The summed E-state index contributed by atoms with van der Waals surface area (Å²) in [4.78, 5) is 0. The molecule has 0 saturated carbocycles. The summed E-state index contributed by atoms with van der Waals surface area (Å²) >= 11 is 0. The predicted molar refractivity (Wildman–Crippen MR) is 101 cm³/mol. The predicted octanol–water partition coefficient (Wildman–Crippen LogP) is 4.56. The molecule has 0 unspecified atom stereocenters. The van der Waals surface area contributed by atoms with Crippen LogP contribution in [0.4, 0.5) is 0 Å². The summed E-state index contributed by atoms with van der Waals surface area (Å²) in [6.07, 6.45) is 1.65. The van der Waals surface area contributed by atoms with E-state index in [9.17, 15) is 0 Å². The average molecular weight is 313 g/mol. The molecule has 0 spiro atoms. The van der Waals surface area contributed by atoms with E-state index in [4.69, 9.17) is 0 Å². The molecule has 0 fully saturated rings. The first-order valence-corrected chi connectivity index (χ1v) is 14.4. The van der Waals surface area contributed by atoms with Crippen LogP contribution in [0.15, 0.2) is 0 Å². The van der Waals surface area contributed by atoms with E-state index in [0.717, 1.165) is 12.8 Å². The Morgan fingerprint density at radius 3 is 1.24 bits per heavy atom. The van der Waals surface area contributed by atoms with Crippen molar-refractivity contribution < 1.29 is 0 Å². The third-order valence-electron chi connectivity index (χ3n) is 2.31. The van der Waals surface area contributed by atoms with Crippen LogP contribution in [-0.4, -0.2) is 16.1 Å².